The molecule has 5 heteroatoms. The van der Waals surface area contributed by atoms with Gasteiger partial charge in [0, 0.05) is 31.1 Å². The van der Waals surface area contributed by atoms with Crippen LogP contribution in [0.5, 0.6) is 0 Å². The number of carbonyl (C=O) groups excluding carboxylic acids is 1. The second kappa shape index (κ2) is 8.13. The predicted molar refractivity (Wildman–Crippen MR) is 93.7 cm³/mol. The minimum atomic E-state index is -0.0110. The molecule has 0 bridgehead atoms. The first-order valence-electron chi connectivity index (χ1n) is 8.20. The number of rotatable bonds is 5. The van der Waals surface area contributed by atoms with E-state index in [1.165, 1.54) is 0 Å². The fourth-order valence-electron chi connectivity index (χ4n) is 2.82. The lowest BCUT2D eigenvalue weighted by Crippen LogP contribution is -2.44. The molecular formula is C18H27ClN2O2. The molecule has 2 rings (SSSR count). The number of ether oxygens (including phenoxy) is 1. The van der Waals surface area contributed by atoms with Crippen molar-refractivity contribution in [2.24, 2.45) is 5.41 Å². The topological polar surface area (TPSA) is 41.6 Å². The number of hydrogen-bond donors (Lipinski definition) is 1. The molecule has 0 aromatic heterocycles. The van der Waals surface area contributed by atoms with Crippen molar-refractivity contribution in [1.29, 1.82) is 0 Å². The van der Waals surface area contributed by atoms with Crippen LogP contribution >= 0.6 is 11.6 Å². The number of benzene rings is 1. The number of halogens is 1. The Morgan fingerprint density at radius 2 is 1.96 bits per heavy atom. The molecule has 128 valence electrons. The molecule has 1 amide bonds. The molecule has 1 aliphatic heterocycles. The summed E-state index contributed by atoms with van der Waals surface area (Å²) in [5.41, 5.74) is 1.05. The third-order valence-corrected chi connectivity index (χ3v) is 4.28. The molecular weight excluding hydrogens is 312 g/mol. The zero-order chi connectivity index (χ0) is 16.9. The third-order valence-electron chi connectivity index (χ3n) is 3.93. The number of carbonyl (C=O) groups is 1. The van der Waals surface area contributed by atoms with Gasteiger partial charge < -0.3 is 10.1 Å². The molecule has 1 aromatic rings. The summed E-state index contributed by atoms with van der Waals surface area (Å²) >= 11 is 6.39. The summed E-state index contributed by atoms with van der Waals surface area (Å²) in [6, 6.07) is 7.95. The van der Waals surface area contributed by atoms with Crippen LogP contribution in [-0.2, 0) is 9.53 Å². The number of nitrogens with one attached hydrogen (secondary N) is 1. The fourth-order valence-corrected chi connectivity index (χ4v) is 3.09. The van der Waals surface area contributed by atoms with Crippen LogP contribution in [-0.4, -0.2) is 43.7 Å². The van der Waals surface area contributed by atoms with Crippen molar-refractivity contribution in [2.45, 2.75) is 33.2 Å². The lowest BCUT2D eigenvalue weighted by molar-refractivity contribution is -0.123. The van der Waals surface area contributed by atoms with Crippen LogP contribution in [0, 0.1) is 5.41 Å². The maximum Gasteiger partial charge on any atom is 0.220 e. The molecule has 1 saturated heterocycles. The SMILES string of the molecule is CC(C)(C)CC(=O)NCC(c1ccccc1Cl)N1CCOCC1. The van der Waals surface area contributed by atoms with E-state index in [0.29, 0.717) is 13.0 Å². The van der Waals surface area contributed by atoms with E-state index in [1.54, 1.807) is 0 Å². The smallest absolute Gasteiger partial charge is 0.220 e. The van der Waals surface area contributed by atoms with Crippen LogP contribution in [0.15, 0.2) is 24.3 Å². The second-order valence-corrected chi connectivity index (χ2v) is 7.63. The van der Waals surface area contributed by atoms with Crippen LogP contribution in [0.1, 0.15) is 38.8 Å². The van der Waals surface area contributed by atoms with Gasteiger partial charge >= 0.3 is 0 Å². The van der Waals surface area contributed by atoms with Crippen molar-refractivity contribution in [3.05, 3.63) is 34.9 Å². The molecule has 1 heterocycles. The fraction of sp³-hybridized carbons (Fsp3) is 0.611. The van der Waals surface area contributed by atoms with Crippen LogP contribution in [0.25, 0.3) is 0 Å². The van der Waals surface area contributed by atoms with Gasteiger partial charge in [-0.15, -0.1) is 0 Å². The quantitative estimate of drug-likeness (QED) is 0.896. The molecule has 0 radical (unpaired) electrons. The maximum atomic E-state index is 12.2. The van der Waals surface area contributed by atoms with Crippen LogP contribution in [0.3, 0.4) is 0 Å². The van der Waals surface area contributed by atoms with E-state index < -0.39 is 0 Å². The lowest BCUT2D eigenvalue weighted by Gasteiger charge is -2.35. The van der Waals surface area contributed by atoms with E-state index >= 15 is 0 Å². The number of amides is 1. The van der Waals surface area contributed by atoms with Gasteiger partial charge in [-0.3, -0.25) is 9.69 Å². The Hall–Kier alpha value is -1.10. The predicted octanol–water partition coefficient (Wildman–Crippen LogP) is 3.27. The van der Waals surface area contributed by atoms with E-state index in [2.05, 4.69) is 31.0 Å². The first-order valence-corrected chi connectivity index (χ1v) is 8.57. The van der Waals surface area contributed by atoms with E-state index in [0.717, 1.165) is 36.9 Å². The summed E-state index contributed by atoms with van der Waals surface area (Å²) in [5.74, 6) is 0.0859. The zero-order valence-corrected chi connectivity index (χ0v) is 15.0. The van der Waals surface area contributed by atoms with Crippen molar-refractivity contribution in [3.8, 4) is 0 Å². The molecule has 1 aromatic carbocycles. The van der Waals surface area contributed by atoms with Crippen LogP contribution in [0.2, 0.25) is 5.02 Å². The van der Waals surface area contributed by atoms with Crippen molar-refractivity contribution in [1.82, 2.24) is 10.2 Å². The van der Waals surface area contributed by atoms with Gasteiger partial charge in [-0.1, -0.05) is 50.6 Å². The van der Waals surface area contributed by atoms with Crippen molar-refractivity contribution < 1.29 is 9.53 Å². The van der Waals surface area contributed by atoms with Gasteiger partial charge in [-0.2, -0.15) is 0 Å². The summed E-state index contributed by atoms with van der Waals surface area (Å²) < 4.78 is 5.45. The normalized spacial score (nSPS) is 17.7. The number of hydrogen-bond acceptors (Lipinski definition) is 3. The highest BCUT2D eigenvalue weighted by Crippen LogP contribution is 2.28. The summed E-state index contributed by atoms with van der Waals surface area (Å²) in [7, 11) is 0. The minimum absolute atomic E-state index is 0.0110. The van der Waals surface area contributed by atoms with Crippen molar-refractivity contribution in [2.75, 3.05) is 32.8 Å². The average molecular weight is 339 g/mol. The first-order chi connectivity index (χ1) is 10.9. The van der Waals surface area contributed by atoms with Crippen molar-refractivity contribution in [3.63, 3.8) is 0 Å². The lowest BCUT2D eigenvalue weighted by atomic mass is 9.92. The number of nitrogens with zero attached hydrogens (tertiary/aromatic N) is 1. The highest BCUT2D eigenvalue weighted by Gasteiger charge is 2.25. The summed E-state index contributed by atoms with van der Waals surface area (Å²) in [5, 5.41) is 3.83. The van der Waals surface area contributed by atoms with E-state index in [4.69, 9.17) is 16.3 Å². The molecule has 1 unspecified atom stereocenters. The minimum Gasteiger partial charge on any atom is -0.379 e. The number of morpholine rings is 1. The highest BCUT2D eigenvalue weighted by molar-refractivity contribution is 6.31. The van der Waals surface area contributed by atoms with E-state index in [-0.39, 0.29) is 17.4 Å². The Kier molecular flexibility index (Phi) is 6.45. The molecule has 1 fully saturated rings. The largest absolute Gasteiger partial charge is 0.379 e. The van der Waals surface area contributed by atoms with E-state index in [9.17, 15) is 4.79 Å². The van der Waals surface area contributed by atoms with Crippen molar-refractivity contribution >= 4 is 17.5 Å². The summed E-state index contributed by atoms with van der Waals surface area (Å²) in [6.45, 7) is 9.92. The monoisotopic (exact) mass is 338 g/mol. The molecule has 1 aliphatic rings. The Labute approximate surface area is 144 Å². The van der Waals surface area contributed by atoms with Gasteiger partial charge in [0.15, 0.2) is 0 Å². The molecule has 1 atom stereocenters. The van der Waals surface area contributed by atoms with Crippen LogP contribution < -0.4 is 5.32 Å². The molecule has 23 heavy (non-hydrogen) atoms. The second-order valence-electron chi connectivity index (χ2n) is 7.23. The zero-order valence-electron chi connectivity index (χ0n) is 14.3. The molecule has 0 spiro atoms. The molecule has 0 aliphatic carbocycles. The standard InChI is InChI=1S/C18H27ClN2O2/c1-18(2,3)12-17(22)20-13-16(21-8-10-23-11-9-21)14-6-4-5-7-15(14)19/h4-7,16H,8-13H2,1-3H3,(H,20,22). The Morgan fingerprint density at radius 1 is 1.30 bits per heavy atom. The van der Waals surface area contributed by atoms with Gasteiger partial charge in [-0.05, 0) is 17.0 Å². The Morgan fingerprint density at radius 3 is 2.57 bits per heavy atom. The average Bonchev–Trinajstić information content (AvgIpc) is 2.48. The van der Waals surface area contributed by atoms with Crippen LogP contribution in [0.4, 0.5) is 0 Å². The van der Waals surface area contributed by atoms with Gasteiger partial charge in [0.2, 0.25) is 5.91 Å². The molecule has 1 N–H and O–H groups in total. The Bertz CT molecular complexity index is 522. The van der Waals surface area contributed by atoms with Gasteiger partial charge in [-0.25, -0.2) is 0 Å². The highest BCUT2D eigenvalue weighted by atomic mass is 35.5. The first kappa shape index (κ1) is 18.2. The van der Waals surface area contributed by atoms with Gasteiger partial charge in [0.05, 0.1) is 19.3 Å². The maximum absolute atomic E-state index is 12.2. The summed E-state index contributed by atoms with van der Waals surface area (Å²) in [4.78, 5) is 14.5. The van der Waals surface area contributed by atoms with E-state index in [1.807, 2.05) is 24.3 Å². The Balaban J connectivity index is 2.08. The molecule has 0 saturated carbocycles. The third kappa shape index (κ3) is 5.79. The van der Waals surface area contributed by atoms with Gasteiger partial charge in [0.25, 0.3) is 0 Å². The molecule has 4 nitrogen and oxygen atoms in total. The van der Waals surface area contributed by atoms with Gasteiger partial charge in [0.1, 0.15) is 0 Å². The summed E-state index contributed by atoms with van der Waals surface area (Å²) in [6.07, 6.45) is 0.519.